The summed E-state index contributed by atoms with van der Waals surface area (Å²) in [6.07, 6.45) is 0. The number of nitrogens with zero attached hydrogens (tertiary/aromatic N) is 3. The van der Waals surface area contributed by atoms with Gasteiger partial charge in [-0.2, -0.15) is 5.10 Å². The first-order chi connectivity index (χ1) is 14.2. The van der Waals surface area contributed by atoms with E-state index in [-0.39, 0.29) is 0 Å². The summed E-state index contributed by atoms with van der Waals surface area (Å²) in [6.45, 7) is 1.97. The van der Waals surface area contributed by atoms with Crippen molar-refractivity contribution < 1.29 is 0 Å². The van der Waals surface area contributed by atoms with E-state index in [1.165, 1.54) is 0 Å². The zero-order valence-corrected chi connectivity index (χ0v) is 17.5. The molecule has 0 saturated heterocycles. The second kappa shape index (κ2) is 8.80. The summed E-state index contributed by atoms with van der Waals surface area (Å²) in [5, 5.41) is 4.52. The molecule has 0 spiro atoms. The zero-order chi connectivity index (χ0) is 20.1. The maximum Gasteiger partial charge on any atom is 0.162 e. The lowest BCUT2D eigenvalue weighted by Gasteiger charge is -2.09. The van der Waals surface area contributed by atoms with Crippen molar-refractivity contribution in [1.82, 2.24) is 9.97 Å². The van der Waals surface area contributed by atoms with Crippen LogP contribution in [0, 0.1) is 0 Å². The third kappa shape index (κ3) is 4.76. The molecule has 5 heteroatoms. The molecule has 0 radical (unpaired) electrons. The van der Waals surface area contributed by atoms with Crippen LogP contribution in [0.25, 0.3) is 22.6 Å². The lowest BCUT2D eigenvalue weighted by atomic mass is 10.1. The third-order valence-corrected chi connectivity index (χ3v) is 4.96. The van der Waals surface area contributed by atoms with Gasteiger partial charge in [-0.05, 0) is 24.6 Å². The molecule has 0 saturated carbocycles. The fourth-order valence-electron chi connectivity index (χ4n) is 2.87. The average Bonchev–Trinajstić information content (AvgIpc) is 2.79. The number of hydrogen-bond donors (Lipinski definition) is 1. The molecule has 142 valence electrons. The summed E-state index contributed by atoms with van der Waals surface area (Å²) < 4.78 is 1.02. The van der Waals surface area contributed by atoms with E-state index in [1.807, 2.05) is 97.9 Å². The van der Waals surface area contributed by atoms with E-state index in [9.17, 15) is 0 Å². The Morgan fingerprint density at radius 3 is 2.14 bits per heavy atom. The molecular weight excluding hydrogens is 424 g/mol. The molecule has 0 aliphatic heterocycles. The molecule has 0 amide bonds. The van der Waals surface area contributed by atoms with Gasteiger partial charge in [0.05, 0.1) is 11.4 Å². The molecule has 0 atom stereocenters. The summed E-state index contributed by atoms with van der Waals surface area (Å²) in [5.41, 5.74) is 7.86. The van der Waals surface area contributed by atoms with E-state index in [4.69, 9.17) is 4.98 Å². The summed E-state index contributed by atoms with van der Waals surface area (Å²) in [6, 6.07) is 30.0. The minimum atomic E-state index is 0.645. The van der Waals surface area contributed by atoms with Gasteiger partial charge in [-0.3, -0.25) is 5.43 Å². The molecule has 0 aliphatic rings. The quantitative estimate of drug-likeness (QED) is 0.287. The molecule has 29 heavy (non-hydrogen) atoms. The van der Waals surface area contributed by atoms with Gasteiger partial charge in [0.25, 0.3) is 0 Å². The Kier molecular flexibility index (Phi) is 5.77. The predicted octanol–water partition coefficient (Wildman–Crippen LogP) is 6.41. The topological polar surface area (TPSA) is 50.2 Å². The van der Waals surface area contributed by atoms with Crippen LogP contribution < -0.4 is 5.43 Å². The van der Waals surface area contributed by atoms with Crippen molar-refractivity contribution in [2.24, 2.45) is 5.10 Å². The second-order valence-electron chi connectivity index (χ2n) is 6.51. The fraction of sp³-hybridized carbons (Fsp3) is 0.0417. The molecule has 3 aromatic carbocycles. The maximum absolute atomic E-state index is 4.77. The highest BCUT2D eigenvalue weighted by Crippen LogP contribution is 2.25. The van der Waals surface area contributed by atoms with E-state index < -0.39 is 0 Å². The van der Waals surface area contributed by atoms with Gasteiger partial charge in [-0.15, -0.1) is 0 Å². The monoisotopic (exact) mass is 442 g/mol. The molecular formula is C24H19BrN4. The lowest BCUT2D eigenvalue weighted by molar-refractivity contribution is 1.15. The van der Waals surface area contributed by atoms with Gasteiger partial charge >= 0.3 is 0 Å². The van der Waals surface area contributed by atoms with Crippen molar-refractivity contribution in [3.05, 3.63) is 101 Å². The Hall–Kier alpha value is -3.31. The van der Waals surface area contributed by atoms with E-state index in [2.05, 4.69) is 31.4 Å². The normalized spacial score (nSPS) is 11.3. The van der Waals surface area contributed by atoms with Crippen LogP contribution >= 0.6 is 15.9 Å². The van der Waals surface area contributed by atoms with Crippen LogP contribution in [0.1, 0.15) is 12.5 Å². The SMILES string of the molecule is CC(=NNc1cc(-c2ccccc2)nc(-c2ccc(Br)cc2)n1)c1ccccc1. The van der Waals surface area contributed by atoms with Crippen LogP contribution in [0.4, 0.5) is 5.82 Å². The molecule has 0 fully saturated rings. The lowest BCUT2D eigenvalue weighted by Crippen LogP contribution is -2.03. The third-order valence-electron chi connectivity index (χ3n) is 4.43. The van der Waals surface area contributed by atoms with Crippen LogP contribution in [-0.4, -0.2) is 15.7 Å². The number of halogens is 1. The first-order valence-corrected chi connectivity index (χ1v) is 10.0. The standard InChI is InChI=1S/C24H19BrN4/c1-17(18-8-4-2-5-9-18)28-29-23-16-22(19-10-6-3-7-11-19)26-24(27-23)20-12-14-21(25)15-13-20/h2-16H,1H3,(H,26,27,29). The molecule has 4 nitrogen and oxygen atoms in total. The van der Waals surface area contributed by atoms with Crippen molar-refractivity contribution in [3.8, 4) is 22.6 Å². The Bertz CT molecular complexity index is 1120. The van der Waals surface area contributed by atoms with Gasteiger partial charge < -0.3 is 0 Å². The number of aromatic nitrogens is 2. The van der Waals surface area contributed by atoms with Crippen LogP contribution in [-0.2, 0) is 0 Å². The minimum Gasteiger partial charge on any atom is -0.261 e. The van der Waals surface area contributed by atoms with Gasteiger partial charge in [-0.1, -0.05) is 88.7 Å². The van der Waals surface area contributed by atoms with E-state index in [0.29, 0.717) is 11.6 Å². The molecule has 4 rings (SSSR count). The molecule has 1 aromatic heterocycles. The Balaban J connectivity index is 1.72. The number of hydrazone groups is 1. The van der Waals surface area contributed by atoms with Gasteiger partial charge in [0, 0.05) is 21.7 Å². The maximum atomic E-state index is 4.77. The summed E-state index contributed by atoms with van der Waals surface area (Å²) in [7, 11) is 0. The van der Waals surface area contributed by atoms with Crippen molar-refractivity contribution in [2.75, 3.05) is 5.43 Å². The first-order valence-electron chi connectivity index (χ1n) is 9.25. The van der Waals surface area contributed by atoms with Crippen molar-refractivity contribution >= 4 is 27.5 Å². The van der Waals surface area contributed by atoms with Crippen molar-refractivity contribution in [1.29, 1.82) is 0 Å². The first kappa shape index (κ1) is 19.0. The van der Waals surface area contributed by atoms with Crippen LogP contribution in [0.15, 0.2) is 101 Å². The number of hydrogen-bond acceptors (Lipinski definition) is 4. The molecule has 0 unspecified atom stereocenters. The van der Waals surface area contributed by atoms with Crippen LogP contribution in [0.2, 0.25) is 0 Å². The summed E-state index contributed by atoms with van der Waals surface area (Å²) >= 11 is 3.48. The van der Waals surface area contributed by atoms with Crippen molar-refractivity contribution in [3.63, 3.8) is 0 Å². The Morgan fingerprint density at radius 2 is 1.45 bits per heavy atom. The largest absolute Gasteiger partial charge is 0.261 e. The number of rotatable bonds is 5. The highest BCUT2D eigenvalue weighted by Gasteiger charge is 2.09. The van der Waals surface area contributed by atoms with Gasteiger partial charge in [0.1, 0.15) is 0 Å². The highest BCUT2D eigenvalue weighted by molar-refractivity contribution is 9.10. The Morgan fingerprint density at radius 1 is 0.793 bits per heavy atom. The molecule has 1 heterocycles. The molecule has 0 bridgehead atoms. The van der Waals surface area contributed by atoms with Crippen LogP contribution in [0.3, 0.4) is 0 Å². The number of benzene rings is 3. The number of nitrogens with one attached hydrogen (secondary N) is 1. The van der Waals surface area contributed by atoms with E-state index in [0.717, 1.165) is 32.6 Å². The average molecular weight is 443 g/mol. The smallest absolute Gasteiger partial charge is 0.162 e. The molecule has 0 aliphatic carbocycles. The fourth-order valence-corrected chi connectivity index (χ4v) is 3.14. The van der Waals surface area contributed by atoms with Crippen molar-refractivity contribution in [2.45, 2.75) is 6.92 Å². The van der Waals surface area contributed by atoms with Gasteiger partial charge in [0.15, 0.2) is 11.6 Å². The predicted molar refractivity (Wildman–Crippen MR) is 123 cm³/mol. The second-order valence-corrected chi connectivity index (χ2v) is 7.43. The summed E-state index contributed by atoms with van der Waals surface area (Å²) in [4.78, 5) is 9.45. The van der Waals surface area contributed by atoms with E-state index in [1.54, 1.807) is 0 Å². The Labute approximate surface area is 178 Å². The van der Waals surface area contributed by atoms with Gasteiger partial charge in [0.2, 0.25) is 0 Å². The van der Waals surface area contributed by atoms with Crippen LogP contribution in [0.5, 0.6) is 0 Å². The highest BCUT2D eigenvalue weighted by atomic mass is 79.9. The zero-order valence-electron chi connectivity index (χ0n) is 15.9. The van der Waals surface area contributed by atoms with E-state index >= 15 is 0 Å². The molecule has 4 aromatic rings. The summed E-state index contributed by atoms with van der Waals surface area (Å²) in [5.74, 6) is 1.29. The number of anilines is 1. The molecule has 1 N–H and O–H groups in total. The minimum absolute atomic E-state index is 0.645. The van der Waals surface area contributed by atoms with Gasteiger partial charge in [-0.25, -0.2) is 9.97 Å².